The molecular weight excluding hydrogens is 469 g/mol. The zero-order valence-corrected chi connectivity index (χ0v) is 17.5. The summed E-state index contributed by atoms with van der Waals surface area (Å²) in [6.07, 6.45) is 0. The van der Waals surface area contributed by atoms with Crippen LogP contribution in [0.3, 0.4) is 0 Å². The van der Waals surface area contributed by atoms with Crippen LogP contribution in [0.2, 0.25) is 0 Å². The van der Waals surface area contributed by atoms with Gasteiger partial charge in [-0.1, -0.05) is 0 Å². The third-order valence-corrected chi connectivity index (χ3v) is 5.35. The molecule has 0 aromatic heterocycles. The maximum atomic E-state index is 13.1. The summed E-state index contributed by atoms with van der Waals surface area (Å²) in [6.45, 7) is -1.83. The molecule has 3 N–H and O–H groups in total. The van der Waals surface area contributed by atoms with Crippen molar-refractivity contribution in [3.8, 4) is 0 Å². The molecule has 176 valence electrons. The molecule has 0 radical (unpaired) electrons. The van der Waals surface area contributed by atoms with Crippen LogP contribution in [0.1, 0.15) is 0 Å². The van der Waals surface area contributed by atoms with Crippen molar-refractivity contribution in [2.75, 3.05) is 30.8 Å². The van der Waals surface area contributed by atoms with Gasteiger partial charge >= 0.3 is 5.97 Å². The van der Waals surface area contributed by atoms with Crippen LogP contribution >= 0.6 is 0 Å². The van der Waals surface area contributed by atoms with Crippen molar-refractivity contribution < 1.29 is 37.0 Å². The summed E-state index contributed by atoms with van der Waals surface area (Å²) in [5.41, 5.74) is -1.49. The molecule has 0 saturated carbocycles. The van der Waals surface area contributed by atoms with Crippen LogP contribution < -0.4 is 15.4 Å². The number of nitrogens with one attached hydrogen (secondary N) is 3. The van der Waals surface area contributed by atoms with Crippen molar-refractivity contribution in [2.24, 2.45) is 0 Å². The molecule has 0 atom stereocenters. The van der Waals surface area contributed by atoms with Gasteiger partial charge in [0.1, 0.15) is 23.7 Å². The highest BCUT2D eigenvalue weighted by Gasteiger charge is 2.22. The summed E-state index contributed by atoms with van der Waals surface area (Å²) >= 11 is 0. The number of hydrogen-bond donors (Lipinski definition) is 3. The van der Waals surface area contributed by atoms with Crippen molar-refractivity contribution in [3.63, 3.8) is 0 Å². The number of anilines is 2. The highest BCUT2D eigenvalue weighted by Crippen LogP contribution is 2.27. The number of carbonyl (C=O) groups is 2. The molecule has 0 unspecified atom stereocenters. The van der Waals surface area contributed by atoms with Gasteiger partial charge in [0.05, 0.1) is 20.8 Å². The highest BCUT2D eigenvalue weighted by atomic mass is 32.2. The van der Waals surface area contributed by atoms with Crippen molar-refractivity contribution in [1.29, 1.82) is 0 Å². The molecule has 16 heteroatoms. The van der Waals surface area contributed by atoms with Crippen molar-refractivity contribution in [3.05, 3.63) is 62.4 Å². The van der Waals surface area contributed by atoms with Gasteiger partial charge < -0.3 is 15.4 Å². The summed E-state index contributed by atoms with van der Waals surface area (Å²) in [5, 5.41) is 26.6. The molecule has 14 nitrogen and oxygen atoms in total. The number of ether oxygens (including phenoxy) is 1. The summed E-state index contributed by atoms with van der Waals surface area (Å²) < 4.78 is 44.2. The SMILES string of the molecule is CNc1ccc(S(=O)(=O)NCC(=O)OCC(=O)Nc2ccc(F)cc2[N+](=O)[O-])cc1[N+](=O)[O-]. The molecule has 0 heterocycles. The maximum Gasteiger partial charge on any atom is 0.321 e. The van der Waals surface area contributed by atoms with Crippen molar-refractivity contribution in [1.82, 2.24) is 4.72 Å². The Morgan fingerprint density at radius 1 is 1.03 bits per heavy atom. The Kier molecular flexibility index (Phi) is 7.92. The minimum absolute atomic E-state index is 0.0748. The average molecular weight is 485 g/mol. The van der Waals surface area contributed by atoms with E-state index < -0.39 is 67.0 Å². The van der Waals surface area contributed by atoms with Gasteiger partial charge in [-0.15, -0.1) is 0 Å². The molecule has 2 aromatic carbocycles. The number of nitro benzene ring substituents is 2. The van der Waals surface area contributed by atoms with E-state index in [0.717, 1.165) is 24.3 Å². The van der Waals surface area contributed by atoms with Crippen molar-refractivity contribution in [2.45, 2.75) is 4.90 Å². The summed E-state index contributed by atoms with van der Waals surface area (Å²) in [5.74, 6) is -3.08. The Labute approximate surface area is 185 Å². The van der Waals surface area contributed by atoms with Crippen LogP contribution in [0.4, 0.5) is 27.1 Å². The van der Waals surface area contributed by atoms with Gasteiger partial charge in [-0.25, -0.2) is 12.8 Å². The first-order valence-electron chi connectivity index (χ1n) is 8.80. The second-order valence-corrected chi connectivity index (χ2v) is 7.91. The van der Waals surface area contributed by atoms with Gasteiger partial charge in [-0.05, 0) is 24.3 Å². The Morgan fingerprint density at radius 3 is 2.24 bits per heavy atom. The van der Waals surface area contributed by atoms with E-state index in [1.165, 1.54) is 13.1 Å². The second kappa shape index (κ2) is 10.4. The average Bonchev–Trinajstić information content (AvgIpc) is 2.76. The van der Waals surface area contributed by atoms with E-state index in [0.29, 0.717) is 6.07 Å². The molecule has 0 aliphatic carbocycles. The van der Waals surface area contributed by atoms with Gasteiger partial charge in [-0.2, -0.15) is 4.72 Å². The Bertz CT molecular complexity index is 1220. The predicted octanol–water partition coefficient (Wildman–Crippen LogP) is 1.14. The highest BCUT2D eigenvalue weighted by molar-refractivity contribution is 7.89. The van der Waals surface area contributed by atoms with E-state index in [-0.39, 0.29) is 11.4 Å². The Balaban J connectivity index is 1.95. The van der Waals surface area contributed by atoms with Gasteiger partial charge in [0, 0.05) is 13.1 Å². The predicted molar refractivity (Wildman–Crippen MR) is 110 cm³/mol. The maximum absolute atomic E-state index is 13.1. The van der Waals surface area contributed by atoms with Crippen LogP contribution in [0.15, 0.2) is 41.3 Å². The lowest BCUT2D eigenvalue weighted by molar-refractivity contribution is -0.384. The second-order valence-electron chi connectivity index (χ2n) is 6.14. The van der Waals surface area contributed by atoms with Crippen LogP contribution in [0.25, 0.3) is 0 Å². The van der Waals surface area contributed by atoms with E-state index >= 15 is 0 Å². The fourth-order valence-electron chi connectivity index (χ4n) is 2.42. The van der Waals surface area contributed by atoms with E-state index in [1.54, 1.807) is 0 Å². The Morgan fingerprint density at radius 2 is 1.64 bits per heavy atom. The molecule has 2 aromatic rings. The van der Waals surface area contributed by atoms with Crippen LogP contribution in [0, 0.1) is 26.0 Å². The lowest BCUT2D eigenvalue weighted by Gasteiger charge is -2.09. The number of nitrogens with zero attached hydrogens (tertiary/aromatic N) is 2. The number of sulfonamides is 1. The standard InChI is InChI=1S/C17H16FN5O9S/c1-19-12-5-3-11(7-15(12)23(28)29)33(30,31)20-8-17(25)32-9-16(24)21-13-4-2-10(18)6-14(13)22(26)27/h2-7,19-20H,8-9H2,1H3,(H,21,24). The number of amides is 1. The Hall–Kier alpha value is -4.18. The van der Waals surface area contributed by atoms with Crippen LogP contribution in [-0.4, -0.2) is 50.3 Å². The molecule has 0 spiro atoms. The number of benzene rings is 2. The monoisotopic (exact) mass is 485 g/mol. The number of carbonyl (C=O) groups excluding carboxylic acids is 2. The zero-order chi connectivity index (χ0) is 24.8. The molecule has 0 aliphatic rings. The molecule has 1 amide bonds. The fraction of sp³-hybridized carbons (Fsp3) is 0.176. The fourth-order valence-corrected chi connectivity index (χ4v) is 3.41. The van der Waals surface area contributed by atoms with E-state index in [4.69, 9.17) is 0 Å². The molecule has 2 rings (SSSR count). The van der Waals surface area contributed by atoms with E-state index in [1.807, 2.05) is 4.72 Å². The molecule has 33 heavy (non-hydrogen) atoms. The molecular formula is C17H16FN5O9S. The van der Waals surface area contributed by atoms with Gasteiger partial charge in [-0.3, -0.25) is 29.8 Å². The summed E-state index contributed by atoms with van der Waals surface area (Å²) in [6, 6.07) is 5.45. The third kappa shape index (κ3) is 6.65. The quantitative estimate of drug-likeness (QED) is 0.249. The lowest BCUT2D eigenvalue weighted by Crippen LogP contribution is -2.32. The normalized spacial score (nSPS) is 10.8. The first-order chi connectivity index (χ1) is 15.4. The number of rotatable bonds is 10. The topological polar surface area (TPSA) is 200 Å². The zero-order valence-electron chi connectivity index (χ0n) is 16.7. The third-order valence-electron chi connectivity index (χ3n) is 3.95. The van der Waals surface area contributed by atoms with Crippen LogP contribution in [-0.2, 0) is 24.3 Å². The van der Waals surface area contributed by atoms with Crippen molar-refractivity contribution >= 4 is 44.6 Å². The lowest BCUT2D eigenvalue weighted by atomic mass is 10.2. The van der Waals surface area contributed by atoms with E-state index in [9.17, 15) is 42.6 Å². The van der Waals surface area contributed by atoms with Gasteiger partial charge in [0.15, 0.2) is 6.61 Å². The number of hydrogen-bond acceptors (Lipinski definition) is 10. The number of esters is 1. The largest absolute Gasteiger partial charge is 0.455 e. The first kappa shape index (κ1) is 25.1. The summed E-state index contributed by atoms with van der Waals surface area (Å²) in [4.78, 5) is 43.4. The smallest absolute Gasteiger partial charge is 0.321 e. The molecule has 0 saturated heterocycles. The minimum atomic E-state index is -4.34. The first-order valence-corrected chi connectivity index (χ1v) is 10.3. The number of halogens is 1. The number of nitro groups is 2. The van der Waals surface area contributed by atoms with Gasteiger partial charge in [0.25, 0.3) is 17.3 Å². The molecule has 0 aliphatic heterocycles. The molecule has 0 fully saturated rings. The minimum Gasteiger partial charge on any atom is -0.455 e. The van der Waals surface area contributed by atoms with Gasteiger partial charge in [0.2, 0.25) is 10.0 Å². The van der Waals surface area contributed by atoms with E-state index in [2.05, 4.69) is 15.4 Å². The molecule has 0 bridgehead atoms. The summed E-state index contributed by atoms with van der Waals surface area (Å²) in [7, 11) is -2.92. The van der Waals surface area contributed by atoms with Crippen LogP contribution in [0.5, 0.6) is 0 Å².